The first kappa shape index (κ1) is 8.08. The van der Waals surface area contributed by atoms with Crippen LogP contribution in [0.3, 0.4) is 0 Å². The summed E-state index contributed by atoms with van der Waals surface area (Å²) < 4.78 is 2.02. The molecule has 0 spiro atoms. The molecule has 0 amide bonds. The van der Waals surface area contributed by atoms with Crippen molar-refractivity contribution in [2.24, 2.45) is 5.73 Å². The van der Waals surface area contributed by atoms with Crippen LogP contribution in [0.2, 0.25) is 5.28 Å². The van der Waals surface area contributed by atoms with E-state index in [1.54, 1.807) is 0 Å². The van der Waals surface area contributed by atoms with Crippen molar-refractivity contribution in [2.75, 3.05) is 0 Å². The molecule has 4 heteroatoms. The molecule has 0 fully saturated rings. The summed E-state index contributed by atoms with van der Waals surface area (Å²) in [5.74, 6) is 0. The predicted octanol–water partition coefficient (Wildman–Crippen LogP) is 1.12. The van der Waals surface area contributed by atoms with Gasteiger partial charge >= 0.3 is 0 Å². The summed E-state index contributed by atoms with van der Waals surface area (Å²) in [6, 6.07) is 0.239. The second-order valence-electron chi connectivity index (χ2n) is 3.32. The van der Waals surface area contributed by atoms with Gasteiger partial charge in [0.1, 0.15) is 0 Å². The number of aryl methyl sites for hydroxylation is 1. The highest BCUT2D eigenvalue weighted by molar-refractivity contribution is 6.28. The van der Waals surface area contributed by atoms with Crippen molar-refractivity contribution < 1.29 is 0 Å². The smallest absolute Gasteiger partial charge is 0.203 e. The molecule has 0 saturated heterocycles. The third kappa shape index (κ3) is 1.13. The van der Waals surface area contributed by atoms with Gasteiger partial charge in [0.15, 0.2) is 0 Å². The van der Waals surface area contributed by atoms with Gasteiger partial charge in [0.05, 0.1) is 5.69 Å². The van der Waals surface area contributed by atoms with Gasteiger partial charge in [0, 0.05) is 18.3 Å². The summed E-state index contributed by atoms with van der Waals surface area (Å²) in [6.07, 6.45) is 2.05. The Bertz CT molecular complexity index is 305. The zero-order chi connectivity index (χ0) is 8.72. The molecule has 0 bridgehead atoms. The number of hydrogen-bond donors (Lipinski definition) is 1. The fourth-order valence-corrected chi connectivity index (χ4v) is 2.02. The molecule has 1 aromatic heterocycles. The number of fused-ring (bicyclic) bond motifs is 1. The van der Waals surface area contributed by atoms with Crippen molar-refractivity contribution in [2.45, 2.75) is 32.4 Å². The first-order chi connectivity index (χ1) is 5.68. The van der Waals surface area contributed by atoms with Crippen molar-refractivity contribution in [1.82, 2.24) is 9.55 Å². The van der Waals surface area contributed by atoms with E-state index in [2.05, 4.69) is 4.98 Å². The highest BCUT2D eigenvalue weighted by Crippen LogP contribution is 2.22. The number of nitrogens with two attached hydrogens (primary N) is 1. The van der Waals surface area contributed by atoms with Crippen LogP contribution in [0.25, 0.3) is 0 Å². The van der Waals surface area contributed by atoms with Crippen LogP contribution < -0.4 is 5.73 Å². The van der Waals surface area contributed by atoms with E-state index in [0.29, 0.717) is 5.28 Å². The van der Waals surface area contributed by atoms with Crippen molar-refractivity contribution in [3.8, 4) is 0 Å². The van der Waals surface area contributed by atoms with Crippen molar-refractivity contribution in [3.05, 3.63) is 16.7 Å². The number of imidazole rings is 1. The van der Waals surface area contributed by atoms with Crippen LogP contribution in [-0.2, 0) is 13.0 Å². The maximum Gasteiger partial charge on any atom is 0.203 e. The second kappa shape index (κ2) is 2.75. The molecule has 2 heterocycles. The Morgan fingerprint density at radius 3 is 3.17 bits per heavy atom. The fourth-order valence-electron chi connectivity index (χ4n) is 1.72. The lowest BCUT2D eigenvalue weighted by Gasteiger charge is -2.21. The molecule has 0 aromatic carbocycles. The van der Waals surface area contributed by atoms with Crippen LogP contribution in [-0.4, -0.2) is 15.6 Å². The largest absolute Gasteiger partial charge is 0.326 e. The molecular formula is C8H12ClN3. The summed E-state index contributed by atoms with van der Waals surface area (Å²) in [7, 11) is 0. The van der Waals surface area contributed by atoms with Gasteiger partial charge in [-0.05, 0) is 31.4 Å². The Hall–Kier alpha value is -0.540. The van der Waals surface area contributed by atoms with E-state index in [0.717, 1.165) is 25.1 Å². The van der Waals surface area contributed by atoms with E-state index in [1.165, 1.54) is 5.69 Å². The van der Waals surface area contributed by atoms with Gasteiger partial charge < -0.3 is 10.3 Å². The highest BCUT2D eigenvalue weighted by atomic mass is 35.5. The number of halogens is 1. The Balaban J connectivity index is 2.45. The molecule has 0 saturated carbocycles. The van der Waals surface area contributed by atoms with Crippen LogP contribution in [0, 0.1) is 6.92 Å². The van der Waals surface area contributed by atoms with Gasteiger partial charge in [-0.2, -0.15) is 0 Å². The van der Waals surface area contributed by atoms with Gasteiger partial charge in [0.25, 0.3) is 0 Å². The first-order valence-electron chi connectivity index (χ1n) is 4.15. The van der Waals surface area contributed by atoms with Crippen LogP contribution in [0.4, 0.5) is 0 Å². The molecule has 1 atom stereocenters. The Morgan fingerprint density at radius 2 is 2.42 bits per heavy atom. The minimum atomic E-state index is 0.239. The van der Waals surface area contributed by atoms with E-state index in [-0.39, 0.29) is 6.04 Å². The van der Waals surface area contributed by atoms with E-state index >= 15 is 0 Å². The molecule has 2 rings (SSSR count). The van der Waals surface area contributed by atoms with E-state index in [4.69, 9.17) is 17.3 Å². The Labute approximate surface area is 76.5 Å². The summed E-state index contributed by atoms with van der Waals surface area (Å²) in [5.41, 5.74) is 8.12. The summed E-state index contributed by atoms with van der Waals surface area (Å²) in [5, 5.41) is 0.581. The average Bonchev–Trinajstić information content (AvgIpc) is 2.28. The maximum absolute atomic E-state index is 5.92. The van der Waals surface area contributed by atoms with Gasteiger partial charge in [-0.15, -0.1) is 0 Å². The predicted molar refractivity (Wildman–Crippen MR) is 48.3 cm³/mol. The van der Waals surface area contributed by atoms with Gasteiger partial charge in [-0.1, -0.05) is 0 Å². The lowest BCUT2D eigenvalue weighted by atomic mass is 10.1. The molecule has 0 radical (unpaired) electrons. The zero-order valence-electron chi connectivity index (χ0n) is 7.05. The minimum Gasteiger partial charge on any atom is -0.326 e. The molecule has 1 aliphatic heterocycles. The lowest BCUT2D eigenvalue weighted by molar-refractivity contribution is 0.460. The highest BCUT2D eigenvalue weighted by Gasteiger charge is 2.20. The third-order valence-corrected chi connectivity index (χ3v) is 2.68. The molecular weight excluding hydrogens is 174 g/mol. The molecule has 1 aliphatic rings. The summed E-state index contributed by atoms with van der Waals surface area (Å²) in [6.45, 7) is 2.81. The molecule has 1 aromatic rings. The number of nitrogens with zero attached hydrogens (tertiary/aromatic N) is 2. The molecule has 0 aliphatic carbocycles. The topological polar surface area (TPSA) is 43.8 Å². The van der Waals surface area contributed by atoms with Gasteiger partial charge in [-0.3, -0.25) is 0 Å². The Kier molecular flexibility index (Phi) is 1.85. The van der Waals surface area contributed by atoms with Crippen LogP contribution in [0.15, 0.2) is 0 Å². The van der Waals surface area contributed by atoms with Gasteiger partial charge in [-0.25, -0.2) is 4.98 Å². The number of aromatic nitrogens is 2. The monoisotopic (exact) mass is 185 g/mol. The maximum atomic E-state index is 5.92. The van der Waals surface area contributed by atoms with Crippen molar-refractivity contribution in [3.63, 3.8) is 0 Å². The molecule has 2 N–H and O–H groups in total. The minimum absolute atomic E-state index is 0.239. The first-order valence-corrected chi connectivity index (χ1v) is 4.53. The van der Waals surface area contributed by atoms with E-state index < -0.39 is 0 Å². The number of rotatable bonds is 0. The zero-order valence-corrected chi connectivity index (χ0v) is 7.80. The fraction of sp³-hybridized carbons (Fsp3) is 0.625. The average molecular weight is 186 g/mol. The quantitative estimate of drug-likeness (QED) is 0.659. The summed E-state index contributed by atoms with van der Waals surface area (Å²) in [4.78, 5) is 4.20. The molecule has 3 nitrogen and oxygen atoms in total. The normalized spacial score (nSPS) is 22.4. The van der Waals surface area contributed by atoms with Gasteiger partial charge in [0.2, 0.25) is 5.28 Å². The van der Waals surface area contributed by atoms with E-state index in [1.807, 2.05) is 11.5 Å². The standard InChI is InChI=1S/C8H12ClN3/c1-5-7-3-2-6(10)4-12(7)8(9)11-5/h6H,2-4,10H2,1H3. The third-order valence-electron chi connectivity index (χ3n) is 2.40. The van der Waals surface area contributed by atoms with E-state index in [9.17, 15) is 0 Å². The van der Waals surface area contributed by atoms with Crippen molar-refractivity contribution in [1.29, 1.82) is 0 Å². The lowest BCUT2D eigenvalue weighted by Crippen LogP contribution is -2.31. The molecule has 12 heavy (non-hydrogen) atoms. The van der Waals surface area contributed by atoms with Crippen molar-refractivity contribution >= 4 is 11.6 Å². The SMILES string of the molecule is Cc1nc(Cl)n2c1CCC(N)C2. The van der Waals surface area contributed by atoms with Crippen LogP contribution >= 0.6 is 11.6 Å². The van der Waals surface area contributed by atoms with Crippen LogP contribution in [0.1, 0.15) is 17.8 Å². The summed E-state index contributed by atoms with van der Waals surface area (Å²) >= 11 is 5.92. The van der Waals surface area contributed by atoms with Crippen LogP contribution in [0.5, 0.6) is 0 Å². The second-order valence-corrected chi connectivity index (χ2v) is 3.66. The number of hydrogen-bond acceptors (Lipinski definition) is 2. The Morgan fingerprint density at radius 1 is 1.67 bits per heavy atom. The molecule has 1 unspecified atom stereocenters. The molecule has 66 valence electrons.